The van der Waals surface area contributed by atoms with Crippen molar-refractivity contribution < 1.29 is 19.1 Å². The summed E-state index contributed by atoms with van der Waals surface area (Å²) >= 11 is 0. The maximum atomic E-state index is 12.0. The van der Waals surface area contributed by atoms with Gasteiger partial charge in [0.15, 0.2) is 6.29 Å². The highest BCUT2D eigenvalue weighted by Gasteiger charge is 2.33. The number of carbonyl (C=O) groups excluding carboxylic acids is 2. The predicted octanol–water partition coefficient (Wildman–Crippen LogP) is 1.17. The lowest BCUT2D eigenvalue weighted by Crippen LogP contribution is -2.24. The van der Waals surface area contributed by atoms with Crippen LogP contribution in [0.5, 0.6) is 0 Å². The smallest absolute Gasteiger partial charge is 0.265 e. The van der Waals surface area contributed by atoms with Gasteiger partial charge in [0.05, 0.1) is 24.3 Å². The van der Waals surface area contributed by atoms with E-state index in [2.05, 4.69) is 0 Å². The van der Waals surface area contributed by atoms with E-state index >= 15 is 0 Å². The van der Waals surface area contributed by atoms with Crippen LogP contribution < -0.4 is 0 Å². The van der Waals surface area contributed by atoms with Crippen molar-refractivity contribution in [1.29, 1.82) is 0 Å². The van der Waals surface area contributed by atoms with Crippen molar-refractivity contribution in [2.24, 2.45) is 0 Å². The van der Waals surface area contributed by atoms with Crippen molar-refractivity contribution in [3.8, 4) is 0 Å². The van der Waals surface area contributed by atoms with Crippen molar-refractivity contribution >= 4 is 11.8 Å². The Labute approximate surface area is 104 Å². The average Bonchev–Trinajstić information content (AvgIpc) is 2.98. The first-order valence-corrected chi connectivity index (χ1v) is 5.66. The molecule has 0 aliphatic carbocycles. The molecule has 5 heteroatoms. The van der Waals surface area contributed by atoms with Gasteiger partial charge in [0.2, 0.25) is 0 Å². The first-order valence-electron chi connectivity index (χ1n) is 5.66. The summed E-state index contributed by atoms with van der Waals surface area (Å²) in [7, 11) is 0. The van der Waals surface area contributed by atoms with Crippen LogP contribution in [0.15, 0.2) is 36.5 Å². The van der Waals surface area contributed by atoms with Crippen molar-refractivity contribution in [3.05, 3.63) is 47.7 Å². The van der Waals surface area contributed by atoms with Gasteiger partial charge in [-0.05, 0) is 18.2 Å². The zero-order chi connectivity index (χ0) is 12.5. The molecule has 1 aromatic rings. The maximum Gasteiger partial charge on any atom is 0.265 e. The van der Waals surface area contributed by atoms with Gasteiger partial charge in [-0.1, -0.05) is 12.1 Å². The molecule has 18 heavy (non-hydrogen) atoms. The Morgan fingerprint density at radius 3 is 2.17 bits per heavy atom. The number of fused-ring (bicyclic) bond motifs is 1. The molecule has 2 aliphatic rings. The Balaban J connectivity index is 1.83. The van der Waals surface area contributed by atoms with Crippen molar-refractivity contribution in [3.63, 3.8) is 0 Å². The van der Waals surface area contributed by atoms with Gasteiger partial charge in [-0.25, -0.2) is 4.90 Å². The number of imide groups is 1. The summed E-state index contributed by atoms with van der Waals surface area (Å²) in [4.78, 5) is 25.0. The van der Waals surface area contributed by atoms with Crippen molar-refractivity contribution in [2.75, 3.05) is 13.2 Å². The minimum Gasteiger partial charge on any atom is -0.347 e. The highest BCUT2D eigenvalue weighted by molar-refractivity contribution is 6.22. The summed E-state index contributed by atoms with van der Waals surface area (Å²) in [5, 5.41) is 0. The minimum absolute atomic E-state index is 0.315. The third kappa shape index (κ3) is 1.73. The van der Waals surface area contributed by atoms with E-state index in [1.165, 1.54) is 6.20 Å². The molecule has 2 aliphatic heterocycles. The monoisotopic (exact) mass is 245 g/mol. The zero-order valence-electron chi connectivity index (χ0n) is 9.54. The molecule has 0 unspecified atom stereocenters. The number of amides is 2. The number of rotatable bonds is 2. The molecule has 1 fully saturated rings. The molecular weight excluding hydrogens is 234 g/mol. The fourth-order valence-corrected chi connectivity index (χ4v) is 1.99. The summed E-state index contributed by atoms with van der Waals surface area (Å²) in [6.07, 6.45) is 2.50. The number of hydrogen-bond donors (Lipinski definition) is 0. The lowest BCUT2D eigenvalue weighted by Gasteiger charge is -2.08. The predicted molar refractivity (Wildman–Crippen MR) is 61.8 cm³/mol. The van der Waals surface area contributed by atoms with Gasteiger partial charge in [0, 0.05) is 6.20 Å². The fourth-order valence-electron chi connectivity index (χ4n) is 1.99. The van der Waals surface area contributed by atoms with E-state index in [1.807, 2.05) is 0 Å². The quantitative estimate of drug-likeness (QED) is 0.734. The molecule has 0 atom stereocenters. The van der Waals surface area contributed by atoms with Gasteiger partial charge in [-0.2, -0.15) is 0 Å². The van der Waals surface area contributed by atoms with Crippen LogP contribution in [0, 0.1) is 0 Å². The average molecular weight is 245 g/mol. The van der Waals surface area contributed by atoms with Crippen LogP contribution in [0.2, 0.25) is 0 Å². The molecule has 0 saturated carbocycles. The third-order valence-corrected chi connectivity index (χ3v) is 2.87. The van der Waals surface area contributed by atoms with Crippen molar-refractivity contribution in [1.82, 2.24) is 4.90 Å². The molecule has 3 rings (SSSR count). The van der Waals surface area contributed by atoms with Gasteiger partial charge in [0.1, 0.15) is 0 Å². The number of hydrogen-bond acceptors (Lipinski definition) is 4. The van der Waals surface area contributed by atoms with Crippen LogP contribution in [0.1, 0.15) is 20.7 Å². The molecule has 0 aromatic heterocycles. The second-order valence-electron chi connectivity index (χ2n) is 3.98. The summed E-state index contributed by atoms with van der Waals surface area (Å²) in [6.45, 7) is 1.05. The largest absolute Gasteiger partial charge is 0.347 e. The summed E-state index contributed by atoms with van der Waals surface area (Å²) < 4.78 is 10.4. The van der Waals surface area contributed by atoms with Crippen LogP contribution >= 0.6 is 0 Å². The minimum atomic E-state index is -0.477. The maximum absolute atomic E-state index is 12.0. The van der Waals surface area contributed by atoms with Gasteiger partial charge < -0.3 is 9.47 Å². The van der Waals surface area contributed by atoms with Gasteiger partial charge >= 0.3 is 0 Å². The van der Waals surface area contributed by atoms with Crippen LogP contribution in [-0.2, 0) is 9.47 Å². The highest BCUT2D eigenvalue weighted by Crippen LogP contribution is 2.22. The molecule has 5 nitrogen and oxygen atoms in total. The molecular formula is C13H11NO4. The Morgan fingerprint density at radius 1 is 1.06 bits per heavy atom. The zero-order valence-corrected chi connectivity index (χ0v) is 9.54. The van der Waals surface area contributed by atoms with Crippen LogP contribution in [0.3, 0.4) is 0 Å². The SMILES string of the molecule is O=C1c2ccccc2C(=O)N1/C=C/C1OCCO1. The first kappa shape index (κ1) is 11.1. The lowest BCUT2D eigenvalue weighted by molar-refractivity contribution is -0.00225. The summed E-state index contributed by atoms with van der Waals surface area (Å²) in [5.74, 6) is -0.630. The molecule has 92 valence electrons. The molecule has 0 bridgehead atoms. The number of nitrogens with zero attached hydrogens (tertiary/aromatic N) is 1. The normalized spacial score (nSPS) is 20.1. The molecule has 2 heterocycles. The highest BCUT2D eigenvalue weighted by atomic mass is 16.7. The first-order chi connectivity index (χ1) is 8.77. The van der Waals surface area contributed by atoms with Crippen LogP contribution in [-0.4, -0.2) is 36.2 Å². The summed E-state index contributed by atoms with van der Waals surface area (Å²) in [5.41, 5.74) is 0.862. The number of ether oxygens (including phenoxy) is 2. The van der Waals surface area contributed by atoms with E-state index in [0.717, 1.165) is 4.90 Å². The van der Waals surface area contributed by atoms with E-state index in [9.17, 15) is 9.59 Å². The van der Waals surface area contributed by atoms with Crippen LogP contribution in [0.25, 0.3) is 0 Å². The standard InChI is InChI=1S/C13H11NO4/c15-12-9-3-1-2-4-10(9)13(16)14(12)6-5-11-17-7-8-18-11/h1-6,11H,7-8H2/b6-5+. The van der Waals surface area contributed by atoms with Gasteiger partial charge in [-0.15, -0.1) is 0 Å². The Morgan fingerprint density at radius 2 is 1.61 bits per heavy atom. The Bertz CT molecular complexity index is 497. The molecule has 1 saturated heterocycles. The van der Waals surface area contributed by atoms with Gasteiger partial charge in [0.25, 0.3) is 11.8 Å². The number of carbonyl (C=O) groups is 2. The molecule has 1 aromatic carbocycles. The van der Waals surface area contributed by atoms with Gasteiger partial charge in [-0.3, -0.25) is 9.59 Å². The Kier molecular flexibility index (Phi) is 2.70. The fraction of sp³-hybridized carbons (Fsp3) is 0.231. The third-order valence-electron chi connectivity index (χ3n) is 2.87. The van der Waals surface area contributed by atoms with E-state index in [-0.39, 0.29) is 11.8 Å². The van der Waals surface area contributed by atoms with E-state index in [0.29, 0.717) is 24.3 Å². The lowest BCUT2D eigenvalue weighted by atomic mass is 10.1. The van der Waals surface area contributed by atoms with E-state index < -0.39 is 6.29 Å². The van der Waals surface area contributed by atoms with E-state index in [4.69, 9.17) is 9.47 Å². The topological polar surface area (TPSA) is 55.8 Å². The summed E-state index contributed by atoms with van der Waals surface area (Å²) in [6, 6.07) is 6.76. The molecule has 0 radical (unpaired) electrons. The second kappa shape index (κ2) is 4.36. The van der Waals surface area contributed by atoms with E-state index in [1.54, 1.807) is 30.3 Å². The molecule has 2 amide bonds. The number of benzene rings is 1. The molecule has 0 spiro atoms. The van der Waals surface area contributed by atoms with Crippen LogP contribution in [0.4, 0.5) is 0 Å². The second-order valence-corrected chi connectivity index (χ2v) is 3.98. The van der Waals surface area contributed by atoms with Crippen molar-refractivity contribution in [2.45, 2.75) is 6.29 Å². The molecule has 0 N–H and O–H groups in total. The Hall–Kier alpha value is -1.98.